The van der Waals surface area contributed by atoms with Gasteiger partial charge in [0.2, 0.25) is 23.0 Å². The Morgan fingerprint density at radius 3 is 0.956 bits per heavy atom. The standard InChI is InChI=1S/C30H43NO6Si.C26H37NO7Si.C18H24O2Si.C8H15NO6.C2H3ClO.CH4/c1-21-22(2)28(31-23(3)32)29(37-27(21)20-35-24(4)33)34-18-19-36-38(30(5,6)7,25-14-10-8-11-15-25)26-16-12-9-13-17-26;1-18(29)27-22-24(31)23(30)21(17-28)34-25(22)32-15-16-33-35(26(2,3)4,19-11-7-5-8-12-19)20-13-9-6-10-14-20;1-18(2,3)21(20-15-14-19,16-10-6-4-7-11-16)17-12-8-5-9-13-17;1-3(11)9-5-7(13)6(12)4(2-10)15-8(5)14;1-2(3)4;/h8-17,21-22,27-29H,18-20H2,1-7H3,(H,31,32);5-14,21-25,28,30-31H,15-17H2,1-4H3,(H,27,29);4-13,19H,14-15H2,1-3H3;4-8,10,12-14H,2H2,1H3,(H,9,11);1H3;1H4/t21-,22+,27-,28-,29?;21-,22-,23+,24-,25?;;4-,5-,6+,7-,8?;;/m11.1../s1. The summed E-state index contributed by atoms with van der Waals surface area (Å²) >= 11 is 4.64. The van der Waals surface area contributed by atoms with Gasteiger partial charge in [0, 0.05) is 34.6 Å². The summed E-state index contributed by atoms with van der Waals surface area (Å²) in [7, 11) is -7.86. The van der Waals surface area contributed by atoms with Crippen molar-refractivity contribution in [2.24, 2.45) is 11.8 Å². The van der Waals surface area contributed by atoms with E-state index in [2.05, 4.69) is 218 Å². The quantitative estimate of drug-likeness (QED) is 0.0146. The molecular weight excluding hydrogens is 1530 g/mol. The number of rotatable bonds is 26. The van der Waals surface area contributed by atoms with Crippen LogP contribution in [0.5, 0.6) is 0 Å². The minimum atomic E-state index is -2.74. The highest BCUT2D eigenvalue weighted by atomic mass is 35.5. The highest BCUT2D eigenvalue weighted by molar-refractivity contribution is 7.00. The predicted octanol–water partition coefficient (Wildman–Crippen LogP) is 5.05. The van der Waals surface area contributed by atoms with Gasteiger partial charge in [0.05, 0.1) is 65.0 Å². The van der Waals surface area contributed by atoms with E-state index in [0.29, 0.717) is 13.2 Å². The molecular formula is C85H126ClN3O22Si3. The van der Waals surface area contributed by atoms with Crippen LogP contribution in [0.15, 0.2) is 182 Å². The van der Waals surface area contributed by atoms with Crippen molar-refractivity contribution in [2.75, 3.05) is 59.5 Å². The molecule has 15 atom stereocenters. The number of nitrogens with one attached hydrogen (secondary N) is 3. The normalized spacial score (nSPS) is 23.7. The average Bonchev–Trinajstić information content (AvgIpc) is 0.757. The molecule has 0 bridgehead atoms. The van der Waals surface area contributed by atoms with Crippen molar-refractivity contribution in [2.45, 2.75) is 213 Å². The molecule has 3 heterocycles. The predicted molar refractivity (Wildman–Crippen MR) is 447 cm³/mol. The molecule has 3 aliphatic rings. The second-order valence-corrected chi connectivity index (χ2v) is 44.6. The molecule has 25 nitrogen and oxygen atoms in total. The highest BCUT2D eigenvalue weighted by Crippen LogP contribution is 2.40. The topological polar surface area (TPSA) is 366 Å². The summed E-state index contributed by atoms with van der Waals surface area (Å²) < 4.78 is 54.2. The number of carbonyl (C=O) groups excluding carboxylic acids is 5. The Morgan fingerprint density at radius 1 is 0.395 bits per heavy atom. The lowest BCUT2D eigenvalue weighted by molar-refractivity contribution is -0.271. The third-order valence-corrected chi connectivity index (χ3v) is 35.1. The number of carbonyl (C=O) groups is 5. The first-order valence-electron chi connectivity index (χ1n) is 38.1. The molecule has 3 amide bonds. The Kier molecular flexibility index (Phi) is 41.0. The van der Waals surface area contributed by atoms with Crippen molar-refractivity contribution < 1.29 is 107 Å². The zero-order chi connectivity index (χ0) is 84.1. The van der Waals surface area contributed by atoms with E-state index in [1.807, 2.05) is 67.6 Å². The van der Waals surface area contributed by atoms with Crippen LogP contribution in [0.2, 0.25) is 15.1 Å². The van der Waals surface area contributed by atoms with Crippen molar-refractivity contribution in [1.82, 2.24) is 16.0 Å². The summed E-state index contributed by atoms with van der Waals surface area (Å²) in [6.07, 6.45) is -11.1. The molecule has 9 rings (SSSR count). The summed E-state index contributed by atoms with van der Waals surface area (Å²) in [6.45, 7) is 31.3. The van der Waals surface area contributed by atoms with Gasteiger partial charge in [-0.05, 0) is 69.7 Å². The lowest BCUT2D eigenvalue weighted by Gasteiger charge is -2.45. The number of hydrogen-bond donors (Lipinski definition) is 11. The van der Waals surface area contributed by atoms with Crippen molar-refractivity contribution in [3.8, 4) is 0 Å². The first kappa shape index (κ1) is 99.5. The summed E-state index contributed by atoms with van der Waals surface area (Å²) in [6, 6.07) is 59.9. The molecule has 29 heteroatoms. The number of ether oxygens (including phenoxy) is 6. The molecule has 0 radical (unpaired) electrons. The van der Waals surface area contributed by atoms with Gasteiger partial charge in [-0.1, -0.05) is 266 Å². The molecule has 3 unspecified atom stereocenters. The monoisotopic (exact) mass is 1660 g/mol. The Labute approximate surface area is 681 Å². The third kappa shape index (κ3) is 26.8. The van der Waals surface area contributed by atoms with Gasteiger partial charge in [0.25, 0.3) is 25.0 Å². The summed E-state index contributed by atoms with van der Waals surface area (Å²) in [5.41, 5.74) is 0. The lowest BCUT2D eigenvalue weighted by atomic mass is 9.82. The van der Waals surface area contributed by atoms with Crippen molar-refractivity contribution in [1.29, 1.82) is 0 Å². The van der Waals surface area contributed by atoms with E-state index >= 15 is 0 Å². The Hall–Kier alpha value is -6.83. The van der Waals surface area contributed by atoms with E-state index in [-0.39, 0.29) is 96.7 Å². The summed E-state index contributed by atoms with van der Waals surface area (Å²) in [4.78, 5) is 55.0. The number of aliphatic hydroxyl groups is 8. The maximum absolute atomic E-state index is 12.0. The molecule has 114 heavy (non-hydrogen) atoms. The van der Waals surface area contributed by atoms with Gasteiger partial charge in [0.15, 0.2) is 18.9 Å². The summed E-state index contributed by atoms with van der Waals surface area (Å²) in [5, 5.41) is 90.9. The van der Waals surface area contributed by atoms with E-state index in [4.69, 9.17) is 46.8 Å². The fourth-order valence-electron chi connectivity index (χ4n) is 14.6. The van der Waals surface area contributed by atoms with Crippen LogP contribution in [0, 0.1) is 11.8 Å². The zero-order valence-electron chi connectivity index (χ0n) is 68.0. The molecule has 11 N–H and O–H groups in total. The maximum Gasteiger partial charge on any atom is 0.302 e. The van der Waals surface area contributed by atoms with E-state index in [9.17, 15) is 59.7 Å². The molecule has 6 aromatic carbocycles. The van der Waals surface area contributed by atoms with Gasteiger partial charge in [-0.25, -0.2) is 0 Å². The van der Waals surface area contributed by atoms with Crippen molar-refractivity contribution in [3.05, 3.63) is 182 Å². The van der Waals surface area contributed by atoms with Crippen molar-refractivity contribution in [3.63, 3.8) is 0 Å². The van der Waals surface area contributed by atoms with Crippen LogP contribution < -0.4 is 47.1 Å². The maximum atomic E-state index is 12.0. The minimum Gasteiger partial charge on any atom is -0.463 e. The molecule has 632 valence electrons. The van der Waals surface area contributed by atoms with E-state index in [1.165, 1.54) is 55.4 Å². The smallest absolute Gasteiger partial charge is 0.302 e. The second kappa shape index (κ2) is 46.9. The number of amides is 3. The fourth-order valence-corrected chi connectivity index (χ4v) is 28.2. The lowest BCUT2D eigenvalue weighted by Crippen LogP contribution is -2.67. The van der Waals surface area contributed by atoms with Gasteiger partial charge in [-0.15, -0.1) is 0 Å². The molecule has 3 aliphatic heterocycles. The fraction of sp³-hybridized carbons (Fsp3) is 0.518. The zero-order valence-corrected chi connectivity index (χ0v) is 71.8. The van der Waals surface area contributed by atoms with Crippen LogP contribution in [-0.4, -0.2) is 234 Å². The first-order valence-corrected chi connectivity index (χ1v) is 44.2. The highest BCUT2D eigenvalue weighted by Gasteiger charge is 2.54. The van der Waals surface area contributed by atoms with E-state index in [1.54, 1.807) is 0 Å². The van der Waals surface area contributed by atoms with Crippen LogP contribution >= 0.6 is 11.6 Å². The molecule has 0 aromatic heterocycles. The first-order chi connectivity index (χ1) is 53.3. The number of benzene rings is 6. The minimum absolute atomic E-state index is 0. The van der Waals surface area contributed by atoms with Gasteiger partial charge in [-0.2, -0.15) is 0 Å². The Morgan fingerprint density at radius 2 is 0.667 bits per heavy atom. The average molecular weight is 1660 g/mol. The Balaban J connectivity index is 0.000000330. The van der Waals surface area contributed by atoms with Crippen LogP contribution in [0.3, 0.4) is 0 Å². The number of hydrogen-bond acceptors (Lipinski definition) is 22. The Bertz CT molecular complexity index is 3660. The van der Waals surface area contributed by atoms with Crippen LogP contribution in [0.25, 0.3) is 0 Å². The van der Waals surface area contributed by atoms with E-state index < -0.39 is 118 Å². The van der Waals surface area contributed by atoms with Crippen LogP contribution in [-0.2, 0) is 65.7 Å². The second-order valence-electron chi connectivity index (χ2n) is 31.1. The van der Waals surface area contributed by atoms with Gasteiger partial charge in [-0.3, -0.25) is 24.0 Å². The van der Waals surface area contributed by atoms with Gasteiger partial charge < -0.3 is 98.5 Å². The molecule has 0 aliphatic carbocycles. The van der Waals surface area contributed by atoms with E-state index in [0.717, 1.165) is 10.4 Å². The number of esters is 1. The SMILES string of the molecule is C.CC(=O)Cl.CC(=O)N[C@H]1C(O)O[C@H](CO)[C@H](O)[C@@H]1O.CC(=O)N[C@H]1C(OCCO[Si](c2ccccc2)(c2ccccc2)C(C)(C)C)O[C@H](CO)[C@H](O)[C@@H]1O.CC(=O)N[C@H]1C(OCCO[Si](c2ccccc2)(c2ccccc2)C(C)(C)C)O[C@H](COC(C)=O)[C@H](C)[C@@H]1C.CC(C)(C)[Si](OCCO)(c1ccccc1)c1ccccc1. The third-order valence-electron chi connectivity index (χ3n) is 20.0. The van der Waals surface area contributed by atoms with Gasteiger partial charge >= 0.3 is 5.97 Å². The van der Waals surface area contributed by atoms with Crippen LogP contribution in [0.4, 0.5) is 0 Å². The molecule has 0 spiro atoms. The molecule has 3 fully saturated rings. The van der Waals surface area contributed by atoms with Gasteiger partial charge in [0.1, 0.15) is 55.3 Å². The molecule has 6 aromatic rings. The van der Waals surface area contributed by atoms with Crippen LogP contribution in [0.1, 0.15) is 118 Å². The van der Waals surface area contributed by atoms with Crippen molar-refractivity contribution >= 4 is 96.6 Å². The largest absolute Gasteiger partial charge is 0.463 e. The number of aliphatic hydroxyl groups excluding tert-OH is 8. The number of halogens is 1. The summed E-state index contributed by atoms with van der Waals surface area (Å²) in [5.74, 6) is -1.25. The molecule has 0 saturated carbocycles. The molecule has 3 saturated heterocycles.